The van der Waals surface area contributed by atoms with Gasteiger partial charge in [-0.05, 0) is 53.3 Å². The van der Waals surface area contributed by atoms with Gasteiger partial charge in [-0.3, -0.25) is 4.79 Å². The monoisotopic (exact) mass is 457 g/mol. The Labute approximate surface area is 191 Å². The highest BCUT2D eigenvalue weighted by atomic mass is 35.5. The Balaban J connectivity index is 1.47. The van der Waals surface area contributed by atoms with E-state index in [1.54, 1.807) is 11.3 Å². The first-order valence-electron chi connectivity index (χ1n) is 9.70. The van der Waals surface area contributed by atoms with Gasteiger partial charge in [-0.1, -0.05) is 60.1 Å². The number of thiocarbonyl (C=S) groups is 1. The second-order valence-electron chi connectivity index (χ2n) is 6.81. The Hall–Kier alpha value is -2.41. The summed E-state index contributed by atoms with van der Waals surface area (Å²) in [5, 5.41) is 9.37. The third kappa shape index (κ3) is 7.44. The van der Waals surface area contributed by atoms with Crippen LogP contribution in [0.4, 0.5) is 0 Å². The van der Waals surface area contributed by atoms with Crippen LogP contribution in [-0.4, -0.2) is 29.0 Å². The number of carbonyl (C=O) groups excluding carboxylic acids is 1. The molecule has 0 aliphatic rings. The van der Waals surface area contributed by atoms with Crippen LogP contribution in [0.1, 0.15) is 16.0 Å². The average molecular weight is 458 g/mol. The molecule has 30 heavy (non-hydrogen) atoms. The molecule has 0 saturated heterocycles. The Bertz CT molecular complexity index is 931. The summed E-state index contributed by atoms with van der Waals surface area (Å²) >= 11 is 13.2. The van der Waals surface area contributed by atoms with Crippen molar-refractivity contribution in [3.63, 3.8) is 0 Å². The lowest BCUT2D eigenvalue weighted by Gasteiger charge is -2.25. The van der Waals surface area contributed by atoms with Gasteiger partial charge in [-0.15, -0.1) is 11.3 Å². The number of rotatable bonds is 9. The van der Waals surface area contributed by atoms with Crippen molar-refractivity contribution in [1.29, 1.82) is 0 Å². The van der Waals surface area contributed by atoms with Gasteiger partial charge >= 0.3 is 0 Å². The van der Waals surface area contributed by atoms with Crippen LogP contribution in [-0.2, 0) is 24.3 Å². The van der Waals surface area contributed by atoms with Crippen molar-refractivity contribution < 1.29 is 4.79 Å². The normalized spacial score (nSPS) is 10.4. The summed E-state index contributed by atoms with van der Waals surface area (Å²) in [5.41, 5.74) is 2.30. The van der Waals surface area contributed by atoms with Gasteiger partial charge in [0.2, 0.25) is 5.91 Å². The maximum absolute atomic E-state index is 12.2. The molecule has 0 radical (unpaired) electrons. The Morgan fingerprint density at radius 2 is 1.70 bits per heavy atom. The maximum atomic E-state index is 12.2. The zero-order valence-electron chi connectivity index (χ0n) is 16.5. The minimum Gasteiger partial charge on any atom is -0.354 e. The fourth-order valence-electron chi connectivity index (χ4n) is 2.92. The molecule has 2 N–H and O–H groups in total. The lowest BCUT2D eigenvalue weighted by molar-refractivity contribution is -0.119. The van der Waals surface area contributed by atoms with Gasteiger partial charge in [0, 0.05) is 23.0 Å². The molecule has 0 aliphatic carbocycles. The molecule has 0 fully saturated rings. The van der Waals surface area contributed by atoms with Gasteiger partial charge in [0.05, 0.1) is 13.1 Å². The van der Waals surface area contributed by atoms with Crippen molar-refractivity contribution in [2.24, 2.45) is 0 Å². The summed E-state index contributed by atoms with van der Waals surface area (Å²) < 4.78 is 0. The molecule has 156 valence electrons. The van der Waals surface area contributed by atoms with E-state index in [0.29, 0.717) is 29.8 Å². The van der Waals surface area contributed by atoms with E-state index in [-0.39, 0.29) is 12.5 Å². The number of halogens is 1. The quantitative estimate of drug-likeness (QED) is 0.459. The number of carbonyl (C=O) groups is 1. The number of benzene rings is 2. The highest BCUT2D eigenvalue weighted by Gasteiger charge is 2.13. The predicted octanol–water partition coefficient (Wildman–Crippen LogP) is 4.64. The number of amides is 1. The molecule has 4 nitrogen and oxygen atoms in total. The third-order valence-electron chi connectivity index (χ3n) is 4.48. The Morgan fingerprint density at radius 3 is 2.40 bits per heavy atom. The molecule has 0 atom stereocenters. The van der Waals surface area contributed by atoms with E-state index in [4.69, 9.17) is 23.8 Å². The number of thiophene rings is 1. The fourth-order valence-corrected chi connectivity index (χ4v) is 3.97. The second-order valence-corrected chi connectivity index (χ2v) is 8.66. The summed E-state index contributed by atoms with van der Waals surface area (Å²) in [6.07, 6.45) is 0.756. The van der Waals surface area contributed by atoms with E-state index in [9.17, 15) is 4.79 Å². The van der Waals surface area contributed by atoms with Crippen LogP contribution >= 0.6 is 35.2 Å². The zero-order chi connectivity index (χ0) is 21.2. The summed E-state index contributed by atoms with van der Waals surface area (Å²) in [6.45, 7) is 2.10. The molecule has 1 aromatic heterocycles. The number of hydrogen-bond donors (Lipinski definition) is 2. The van der Waals surface area contributed by atoms with Crippen LogP contribution in [0.2, 0.25) is 5.02 Å². The van der Waals surface area contributed by atoms with Crippen LogP contribution in [0.5, 0.6) is 0 Å². The smallest absolute Gasteiger partial charge is 0.239 e. The molecule has 3 aromatic rings. The van der Waals surface area contributed by atoms with Crippen LogP contribution in [0, 0.1) is 0 Å². The summed E-state index contributed by atoms with van der Waals surface area (Å²) in [7, 11) is 0. The third-order valence-corrected chi connectivity index (χ3v) is 6.00. The summed E-state index contributed by atoms with van der Waals surface area (Å²) in [5.74, 6) is -0.0814. The van der Waals surface area contributed by atoms with Gasteiger partial charge in [-0.25, -0.2) is 0 Å². The first-order chi connectivity index (χ1) is 14.6. The van der Waals surface area contributed by atoms with E-state index < -0.39 is 0 Å². The molecule has 0 spiro atoms. The van der Waals surface area contributed by atoms with Crippen molar-refractivity contribution in [3.8, 4) is 0 Å². The molecule has 0 saturated carbocycles. The van der Waals surface area contributed by atoms with E-state index in [2.05, 4.69) is 39.1 Å². The van der Waals surface area contributed by atoms with Crippen molar-refractivity contribution in [2.45, 2.75) is 19.5 Å². The van der Waals surface area contributed by atoms with Crippen LogP contribution in [0.25, 0.3) is 0 Å². The molecule has 0 unspecified atom stereocenters. The topological polar surface area (TPSA) is 44.4 Å². The van der Waals surface area contributed by atoms with Crippen molar-refractivity contribution >= 4 is 46.2 Å². The van der Waals surface area contributed by atoms with Crippen molar-refractivity contribution in [1.82, 2.24) is 15.5 Å². The molecule has 0 bridgehead atoms. The van der Waals surface area contributed by atoms with E-state index in [1.165, 1.54) is 10.4 Å². The highest BCUT2D eigenvalue weighted by Crippen LogP contribution is 2.15. The largest absolute Gasteiger partial charge is 0.354 e. The molecule has 1 heterocycles. The highest BCUT2D eigenvalue weighted by molar-refractivity contribution is 7.80. The van der Waals surface area contributed by atoms with Crippen LogP contribution in [0.15, 0.2) is 72.1 Å². The maximum Gasteiger partial charge on any atom is 0.239 e. The zero-order valence-corrected chi connectivity index (χ0v) is 18.9. The van der Waals surface area contributed by atoms with Crippen LogP contribution in [0.3, 0.4) is 0 Å². The number of nitrogens with zero attached hydrogens (tertiary/aromatic N) is 1. The van der Waals surface area contributed by atoms with Gasteiger partial charge in [0.25, 0.3) is 0 Å². The van der Waals surface area contributed by atoms with Gasteiger partial charge in [-0.2, -0.15) is 0 Å². The average Bonchev–Trinajstić information content (AvgIpc) is 3.27. The minimum atomic E-state index is -0.0814. The van der Waals surface area contributed by atoms with Gasteiger partial charge in [0.15, 0.2) is 5.11 Å². The second kappa shape index (κ2) is 11.7. The van der Waals surface area contributed by atoms with E-state index in [1.807, 2.05) is 48.5 Å². The standard InChI is InChI=1S/C23H24ClN3OS2/c24-20-10-8-18(9-11-20)12-13-25-22(28)15-26-23(29)27(17-21-7-4-14-30-21)16-19-5-2-1-3-6-19/h1-11,14H,12-13,15-17H2,(H,25,28)(H,26,29). The lowest BCUT2D eigenvalue weighted by Crippen LogP contribution is -2.43. The van der Waals surface area contributed by atoms with E-state index in [0.717, 1.165) is 12.0 Å². The molecule has 2 aromatic carbocycles. The van der Waals surface area contributed by atoms with Crippen LogP contribution < -0.4 is 10.6 Å². The summed E-state index contributed by atoms with van der Waals surface area (Å²) in [4.78, 5) is 15.5. The minimum absolute atomic E-state index is 0.0814. The molecule has 1 amide bonds. The fraction of sp³-hybridized carbons (Fsp3) is 0.217. The van der Waals surface area contributed by atoms with Gasteiger partial charge in [0.1, 0.15) is 0 Å². The predicted molar refractivity (Wildman–Crippen MR) is 129 cm³/mol. The molecule has 7 heteroatoms. The first-order valence-corrected chi connectivity index (χ1v) is 11.4. The van der Waals surface area contributed by atoms with E-state index >= 15 is 0 Å². The Kier molecular flexibility index (Phi) is 8.68. The van der Waals surface area contributed by atoms with Crippen molar-refractivity contribution in [2.75, 3.05) is 13.1 Å². The summed E-state index contributed by atoms with van der Waals surface area (Å²) in [6, 6.07) is 22.0. The molecule has 3 rings (SSSR count). The van der Waals surface area contributed by atoms with Crippen molar-refractivity contribution in [3.05, 3.63) is 93.1 Å². The lowest BCUT2D eigenvalue weighted by atomic mass is 10.1. The molecular formula is C23H24ClN3OS2. The van der Waals surface area contributed by atoms with Gasteiger partial charge < -0.3 is 15.5 Å². The number of nitrogens with one attached hydrogen (secondary N) is 2. The first kappa shape index (κ1) is 22.3. The Morgan fingerprint density at radius 1 is 0.933 bits per heavy atom. The molecule has 0 aliphatic heterocycles. The SMILES string of the molecule is O=C(CNC(=S)N(Cc1ccccc1)Cc1cccs1)NCCc1ccc(Cl)cc1. The number of hydrogen-bond acceptors (Lipinski definition) is 3. The molecular weight excluding hydrogens is 434 g/mol.